The van der Waals surface area contributed by atoms with Crippen molar-refractivity contribution in [3.63, 3.8) is 0 Å². The fourth-order valence-electron chi connectivity index (χ4n) is 0. The van der Waals surface area contributed by atoms with Crippen LogP contribution in [0, 0.1) is 46.0 Å². The third-order valence-corrected chi connectivity index (χ3v) is 0.1000. The summed E-state index contributed by atoms with van der Waals surface area (Å²) < 4.78 is 0. The summed E-state index contributed by atoms with van der Waals surface area (Å²) in [6, 6.07) is 0. The third-order valence-electron chi connectivity index (χ3n) is 0.1000. The predicted octanol–water partition coefficient (Wildman–Crippen LogP) is -1.75. The number of aliphatic hydroxyl groups excluding tert-OH is 2. The molecule has 0 spiro atoms. The first-order chi connectivity index (χ1) is 7.11. The van der Waals surface area contributed by atoms with E-state index in [2.05, 4.69) is 0 Å². The van der Waals surface area contributed by atoms with Gasteiger partial charge in [-0.25, -0.2) is 0 Å². The van der Waals surface area contributed by atoms with Crippen molar-refractivity contribution in [3.8, 4) is 0 Å². The first-order valence-corrected chi connectivity index (χ1v) is 2.78. The molecule has 0 aliphatic carbocycles. The summed E-state index contributed by atoms with van der Waals surface area (Å²) in [5, 5.41) is 59.5. The van der Waals surface area contributed by atoms with Crippen molar-refractivity contribution in [3.05, 3.63) is 46.0 Å². The zero-order valence-corrected chi connectivity index (χ0v) is 8.78. The molecule has 0 atom stereocenters. The van der Waals surface area contributed by atoms with E-state index in [4.69, 9.17) is 56.2 Å². The van der Waals surface area contributed by atoms with Crippen LogP contribution in [0.2, 0.25) is 0 Å². The summed E-state index contributed by atoms with van der Waals surface area (Å²) in [6.45, 7) is -0.250. The van der Waals surface area contributed by atoms with Gasteiger partial charge in [0, 0.05) is 0 Å². The van der Waals surface area contributed by atoms with E-state index in [9.17, 15) is 0 Å². The maximum absolute atomic E-state index is 8.25. The van der Waals surface area contributed by atoms with Gasteiger partial charge < -0.3 is 56.2 Å². The molecular formula is C2H6FeN3O11. The Kier molecular flexibility index (Phi) is 50.5. The molecule has 0 aromatic heterocycles. The van der Waals surface area contributed by atoms with E-state index in [1.165, 1.54) is 0 Å². The predicted molar refractivity (Wildman–Crippen MR) is 45.3 cm³/mol. The molecule has 0 aromatic rings. The molecule has 0 saturated heterocycles. The second kappa shape index (κ2) is 29.2. The standard InChI is InChI=1S/C2H6O2.Fe.3NO3/c3-1-2-4;;3*2-1(3)4/h3-4H,1-2H2;;;;/q;+3;3*-1. The van der Waals surface area contributed by atoms with Crippen molar-refractivity contribution < 1.29 is 42.5 Å². The maximum atomic E-state index is 8.25. The molecule has 15 heteroatoms. The number of nitrogens with zero attached hydrogens (tertiary/aromatic N) is 3. The molecule has 0 amide bonds. The van der Waals surface area contributed by atoms with E-state index in [1.54, 1.807) is 0 Å². The molecule has 0 aliphatic rings. The average molecular weight is 304 g/mol. The van der Waals surface area contributed by atoms with Gasteiger partial charge in [0.1, 0.15) is 0 Å². The molecule has 0 rings (SSSR count). The number of hydrogen-bond donors (Lipinski definition) is 2. The molecule has 103 valence electrons. The Hall–Kier alpha value is -1.96. The van der Waals surface area contributed by atoms with Crippen LogP contribution >= 0.6 is 0 Å². The normalized spacial score (nSPS) is 6.00. The van der Waals surface area contributed by atoms with Crippen LogP contribution in [0.5, 0.6) is 0 Å². The molecule has 0 aromatic carbocycles. The van der Waals surface area contributed by atoms with Crippen molar-refractivity contribution in [2.24, 2.45) is 0 Å². The van der Waals surface area contributed by atoms with Crippen molar-refractivity contribution in [1.29, 1.82) is 0 Å². The molecule has 0 saturated carbocycles. The molecule has 14 nitrogen and oxygen atoms in total. The van der Waals surface area contributed by atoms with Gasteiger partial charge in [0.15, 0.2) is 0 Å². The third kappa shape index (κ3) is 2210. The Balaban J connectivity index is -0.0000000369. The minimum absolute atomic E-state index is 0. The van der Waals surface area contributed by atoms with Gasteiger partial charge in [-0.05, 0) is 0 Å². The van der Waals surface area contributed by atoms with E-state index in [0.717, 1.165) is 0 Å². The Morgan fingerprint density at radius 1 is 0.647 bits per heavy atom. The Morgan fingerprint density at radius 3 is 0.706 bits per heavy atom. The second-order valence-corrected chi connectivity index (χ2v) is 1.12. The minimum atomic E-state index is -1.75. The van der Waals surface area contributed by atoms with Gasteiger partial charge in [0.25, 0.3) is 0 Å². The summed E-state index contributed by atoms with van der Waals surface area (Å²) in [5.41, 5.74) is 0. The van der Waals surface area contributed by atoms with E-state index < -0.39 is 15.3 Å². The maximum Gasteiger partial charge on any atom is 3.00 e. The van der Waals surface area contributed by atoms with Gasteiger partial charge >= 0.3 is 17.1 Å². The van der Waals surface area contributed by atoms with Gasteiger partial charge in [-0.3, -0.25) is 0 Å². The van der Waals surface area contributed by atoms with Gasteiger partial charge in [0.05, 0.1) is 28.5 Å². The molecule has 0 aliphatic heterocycles. The zero-order valence-electron chi connectivity index (χ0n) is 7.68. The topological polar surface area (TPSA) is 239 Å². The first kappa shape index (κ1) is 29.4. The van der Waals surface area contributed by atoms with E-state index in [0.29, 0.717) is 0 Å². The van der Waals surface area contributed by atoms with Crippen molar-refractivity contribution in [2.75, 3.05) is 13.2 Å². The SMILES string of the molecule is O=[N+]([O-])[O-].O=[N+]([O-])[O-].O=[N+]([O-])[O-].OCCO.[Fe+3]. The smallest absolute Gasteiger partial charge is 0.394 e. The fraction of sp³-hybridized carbons (Fsp3) is 1.00. The van der Waals surface area contributed by atoms with E-state index in [1.807, 2.05) is 0 Å². The van der Waals surface area contributed by atoms with Crippen LogP contribution in [0.25, 0.3) is 0 Å². The quantitative estimate of drug-likeness (QED) is 0.312. The molecule has 0 fully saturated rings. The second-order valence-electron chi connectivity index (χ2n) is 1.12. The molecule has 1 radical (unpaired) electrons. The van der Waals surface area contributed by atoms with Gasteiger partial charge in [0.2, 0.25) is 0 Å². The van der Waals surface area contributed by atoms with Crippen LogP contribution in [0.15, 0.2) is 0 Å². The zero-order chi connectivity index (χ0) is 14.1. The van der Waals surface area contributed by atoms with Crippen molar-refractivity contribution in [2.45, 2.75) is 0 Å². The summed E-state index contributed by atoms with van der Waals surface area (Å²) >= 11 is 0. The summed E-state index contributed by atoms with van der Waals surface area (Å²) in [5.74, 6) is 0. The Labute approximate surface area is 103 Å². The summed E-state index contributed by atoms with van der Waals surface area (Å²) in [7, 11) is 0. The van der Waals surface area contributed by atoms with Crippen molar-refractivity contribution >= 4 is 0 Å². The molecule has 2 N–H and O–H groups in total. The minimum Gasteiger partial charge on any atom is -0.394 e. The Morgan fingerprint density at radius 2 is 0.706 bits per heavy atom. The average Bonchev–Trinajstić information content (AvgIpc) is 2.00. The number of rotatable bonds is 1. The molecule has 0 heterocycles. The summed E-state index contributed by atoms with van der Waals surface area (Å²) in [6.07, 6.45) is 0. The van der Waals surface area contributed by atoms with Crippen LogP contribution in [0.4, 0.5) is 0 Å². The first-order valence-electron chi connectivity index (χ1n) is 2.78. The van der Waals surface area contributed by atoms with E-state index in [-0.39, 0.29) is 30.3 Å². The number of hydrogen-bond acceptors (Lipinski definition) is 11. The molecule has 0 unspecified atom stereocenters. The van der Waals surface area contributed by atoms with Crippen LogP contribution in [-0.4, -0.2) is 38.7 Å². The molecular weight excluding hydrogens is 298 g/mol. The van der Waals surface area contributed by atoms with E-state index >= 15 is 0 Å². The largest absolute Gasteiger partial charge is 3.00 e. The molecule has 0 bridgehead atoms. The van der Waals surface area contributed by atoms with Crippen LogP contribution in [0.1, 0.15) is 0 Å². The van der Waals surface area contributed by atoms with Gasteiger partial charge in [-0.15, -0.1) is 0 Å². The molecule has 17 heavy (non-hydrogen) atoms. The van der Waals surface area contributed by atoms with Crippen LogP contribution in [-0.2, 0) is 17.1 Å². The summed E-state index contributed by atoms with van der Waals surface area (Å²) in [4.78, 5) is 24.8. The Bertz CT molecular complexity index is 143. The fourth-order valence-corrected chi connectivity index (χ4v) is 0. The van der Waals surface area contributed by atoms with Gasteiger partial charge in [-0.2, -0.15) is 0 Å². The number of aliphatic hydroxyl groups is 2. The van der Waals surface area contributed by atoms with Crippen LogP contribution in [0.3, 0.4) is 0 Å². The monoisotopic (exact) mass is 304 g/mol. The van der Waals surface area contributed by atoms with Gasteiger partial charge in [-0.1, -0.05) is 0 Å². The van der Waals surface area contributed by atoms with Crippen molar-refractivity contribution in [1.82, 2.24) is 0 Å². The van der Waals surface area contributed by atoms with Crippen LogP contribution < -0.4 is 0 Å².